The van der Waals surface area contributed by atoms with Gasteiger partial charge in [-0.3, -0.25) is 10.1 Å². The van der Waals surface area contributed by atoms with Crippen LogP contribution in [-0.4, -0.2) is 20.9 Å². The quantitative estimate of drug-likeness (QED) is 0.615. The Kier molecular flexibility index (Phi) is 3.72. The van der Waals surface area contributed by atoms with Crippen LogP contribution < -0.4 is 5.32 Å². The van der Waals surface area contributed by atoms with Crippen LogP contribution in [0.1, 0.15) is 10.4 Å². The van der Waals surface area contributed by atoms with Crippen molar-refractivity contribution in [2.75, 3.05) is 5.32 Å². The molecule has 0 aliphatic carbocycles. The molecule has 0 atom stereocenters. The highest BCUT2D eigenvalue weighted by atomic mass is 32.1. The molecule has 0 fully saturated rings. The zero-order valence-corrected chi connectivity index (χ0v) is 13.3. The molecule has 6 heteroatoms. The minimum absolute atomic E-state index is 0.270. The monoisotopic (exact) mass is 332 g/mol. The van der Waals surface area contributed by atoms with Crippen LogP contribution in [0.25, 0.3) is 21.6 Å². The zero-order valence-electron chi connectivity index (χ0n) is 12.5. The van der Waals surface area contributed by atoms with Crippen LogP contribution >= 0.6 is 11.3 Å². The van der Waals surface area contributed by atoms with Crippen molar-refractivity contribution >= 4 is 32.6 Å². The lowest BCUT2D eigenvalue weighted by molar-refractivity contribution is 0.102. The summed E-state index contributed by atoms with van der Waals surface area (Å²) in [5, 5.41) is 3.36. The van der Waals surface area contributed by atoms with Gasteiger partial charge in [-0.2, -0.15) is 0 Å². The van der Waals surface area contributed by atoms with Gasteiger partial charge in [0.25, 0.3) is 5.91 Å². The number of benzene rings is 2. The Morgan fingerprint density at radius 3 is 2.38 bits per heavy atom. The van der Waals surface area contributed by atoms with Crippen LogP contribution in [0.15, 0.2) is 67.0 Å². The predicted octanol–water partition coefficient (Wildman–Crippen LogP) is 4.01. The van der Waals surface area contributed by atoms with E-state index in [-0.39, 0.29) is 5.91 Å². The number of carbonyl (C=O) groups excluding carboxylic acids is 1. The maximum atomic E-state index is 12.3. The van der Waals surface area contributed by atoms with E-state index >= 15 is 0 Å². The molecule has 0 unspecified atom stereocenters. The Morgan fingerprint density at radius 1 is 0.917 bits per heavy atom. The van der Waals surface area contributed by atoms with Gasteiger partial charge >= 0.3 is 0 Å². The molecule has 0 aliphatic rings. The van der Waals surface area contributed by atoms with Crippen molar-refractivity contribution in [3.8, 4) is 11.4 Å². The molecule has 5 nitrogen and oxygen atoms in total. The van der Waals surface area contributed by atoms with E-state index in [4.69, 9.17) is 0 Å². The minimum Gasteiger partial charge on any atom is -0.298 e. The van der Waals surface area contributed by atoms with Crippen molar-refractivity contribution in [1.29, 1.82) is 0 Å². The normalized spacial score (nSPS) is 10.7. The second-order valence-electron chi connectivity index (χ2n) is 5.10. The Bertz CT molecular complexity index is 963. The van der Waals surface area contributed by atoms with Crippen LogP contribution in [0, 0.1) is 0 Å². The number of rotatable bonds is 3. The van der Waals surface area contributed by atoms with E-state index in [0.717, 1.165) is 15.8 Å². The molecule has 2 aromatic heterocycles. The third-order valence-electron chi connectivity index (χ3n) is 3.46. The number of carbonyl (C=O) groups is 1. The van der Waals surface area contributed by atoms with Crippen LogP contribution in [0.4, 0.5) is 5.13 Å². The van der Waals surface area contributed by atoms with Gasteiger partial charge in [0.1, 0.15) is 0 Å². The number of nitrogens with zero attached hydrogens (tertiary/aromatic N) is 3. The number of amides is 1. The number of para-hydroxylation sites is 1. The molecule has 4 aromatic rings. The molecule has 0 saturated carbocycles. The predicted molar refractivity (Wildman–Crippen MR) is 95.0 cm³/mol. The molecule has 2 heterocycles. The summed E-state index contributed by atoms with van der Waals surface area (Å²) in [6, 6.07) is 17.4. The van der Waals surface area contributed by atoms with E-state index < -0.39 is 0 Å². The highest BCUT2D eigenvalue weighted by Crippen LogP contribution is 2.25. The molecule has 1 amide bonds. The van der Waals surface area contributed by atoms with Gasteiger partial charge in [-0.05, 0) is 12.1 Å². The van der Waals surface area contributed by atoms with E-state index in [2.05, 4.69) is 20.3 Å². The molecular weight excluding hydrogens is 320 g/mol. The fourth-order valence-corrected chi connectivity index (χ4v) is 3.14. The topological polar surface area (TPSA) is 67.8 Å². The number of aromatic nitrogens is 3. The van der Waals surface area contributed by atoms with Crippen LogP contribution in [0.3, 0.4) is 0 Å². The summed E-state index contributed by atoms with van der Waals surface area (Å²) < 4.78 is 1.03. The number of thiazole rings is 1. The van der Waals surface area contributed by atoms with E-state index in [1.54, 1.807) is 0 Å². The summed E-state index contributed by atoms with van der Waals surface area (Å²) >= 11 is 1.44. The maximum absolute atomic E-state index is 12.3. The maximum Gasteiger partial charge on any atom is 0.260 e. The summed E-state index contributed by atoms with van der Waals surface area (Å²) in [7, 11) is 0. The van der Waals surface area contributed by atoms with Crippen molar-refractivity contribution in [1.82, 2.24) is 15.0 Å². The van der Waals surface area contributed by atoms with Crippen LogP contribution in [-0.2, 0) is 0 Å². The highest BCUT2D eigenvalue weighted by Gasteiger charge is 2.11. The van der Waals surface area contributed by atoms with Crippen LogP contribution in [0.2, 0.25) is 0 Å². The lowest BCUT2D eigenvalue weighted by Gasteiger charge is -2.03. The molecule has 0 bridgehead atoms. The molecule has 0 aliphatic heterocycles. The number of fused-ring (bicyclic) bond motifs is 1. The lowest BCUT2D eigenvalue weighted by atomic mass is 10.2. The van der Waals surface area contributed by atoms with Crippen molar-refractivity contribution in [2.45, 2.75) is 0 Å². The molecule has 4 rings (SSSR count). The van der Waals surface area contributed by atoms with E-state index in [0.29, 0.717) is 16.5 Å². The van der Waals surface area contributed by atoms with Crippen molar-refractivity contribution in [2.24, 2.45) is 0 Å². The van der Waals surface area contributed by atoms with Gasteiger partial charge in [0, 0.05) is 18.0 Å². The first-order valence-corrected chi connectivity index (χ1v) is 8.16. The van der Waals surface area contributed by atoms with Gasteiger partial charge < -0.3 is 0 Å². The summed E-state index contributed by atoms with van der Waals surface area (Å²) in [5.74, 6) is 0.320. The van der Waals surface area contributed by atoms with Gasteiger partial charge in [-0.1, -0.05) is 53.8 Å². The first-order valence-electron chi connectivity index (χ1n) is 7.34. The molecule has 0 saturated heterocycles. The van der Waals surface area contributed by atoms with Gasteiger partial charge in [0.2, 0.25) is 0 Å². The Hall–Kier alpha value is -3.12. The summed E-state index contributed by atoms with van der Waals surface area (Å²) in [6.45, 7) is 0. The Morgan fingerprint density at radius 2 is 1.62 bits per heavy atom. The number of hydrogen-bond acceptors (Lipinski definition) is 5. The minimum atomic E-state index is -0.270. The first-order chi connectivity index (χ1) is 11.8. The summed E-state index contributed by atoms with van der Waals surface area (Å²) in [6.07, 6.45) is 3.05. The van der Waals surface area contributed by atoms with Gasteiger partial charge in [0.05, 0.1) is 15.8 Å². The highest BCUT2D eigenvalue weighted by molar-refractivity contribution is 7.22. The van der Waals surface area contributed by atoms with Gasteiger partial charge in [0.15, 0.2) is 11.0 Å². The molecule has 116 valence electrons. The first kappa shape index (κ1) is 14.5. The van der Waals surface area contributed by atoms with Gasteiger partial charge in [-0.15, -0.1) is 0 Å². The fraction of sp³-hybridized carbons (Fsp3) is 0. The smallest absolute Gasteiger partial charge is 0.260 e. The molecule has 1 N–H and O–H groups in total. The molecular formula is C18H12N4OS. The summed E-state index contributed by atoms with van der Waals surface area (Å²) in [5.41, 5.74) is 2.18. The van der Waals surface area contributed by atoms with E-state index in [1.807, 2.05) is 54.6 Å². The van der Waals surface area contributed by atoms with Crippen LogP contribution in [0.5, 0.6) is 0 Å². The van der Waals surface area contributed by atoms with Crippen molar-refractivity contribution in [3.05, 3.63) is 72.6 Å². The number of nitrogens with one attached hydrogen (secondary N) is 1. The zero-order chi connectivity index (χ0) is 16.4. The van der Waals surface area contributed by atoms with E-state index in [9.17, 15) is 4.79 Å². The second kappa shape index (κ2) is 6.17. The molecule has 0 radical (unpaired) electrons. The molecule has 2 aromatic carbocycles. The summed E-state index contributed by atoms with van der Waals surface area (Å²) in [4.78, 5) is 25.2. The van der Waals surface area contributed by atoms with Gasteiger partial charge in [-0.25, -0.2) is 15.0 Å². The third-order valence-corrected chi connectivity index (χ3v) is 4.41. The third kappa shape index (κ3) is 2.87. The fourth-order valence-electron chi connectivity index (χ4n) is 2.28. The Balaban J connectivity index is 1.54. The SMILES string of the molecule is O=C(Nc1nc2ccccc2s1)c1cnc(-c2ccccc2)nc1. The second-order valence-corrected chi connectivity index (χ2v) is 6.13. The standard InChI is InChI=1S/C18H12N4OS/c23-17(22-18-21-14-8-4-5-9-15(14)24-18)13-10-19-16(20-11-13)12-6-2-1-3-7-12/h1-11H,(H,21,22,23). The van der Waals surface area contributed by atoms with Crippen molar-refractivity contribution < 1.29 is 4.79 Å². The average molecular weight is 332 g/mol. The lowest BCUT2D eigenvalue weighted by Crippen LogP contribution is -2.12. The van der Waals surface area contributed by atoms with E-state index in [1.165, 1.54) is 23.7 Å². The largest absolute Gasteiger partial charge is 0.298 e. The molecule has 0 spiro atoms. The van der Waals surface area contributed by atoms with Crippen molar-refractivity contribution in [3.63, 3.8) is 0 Å². The number of anilines is 1. The molecule has 24 heavy (non-hydrogen) atoms. The average Bonchev–Trinajstić information content (AvgIpc) is 3.05. The Labute approximate surface area is 142 Å². The number of hydrogen-bond donors (Lipinski definition) is 1.